The van der Waals surface area contributed by atoms with Gasteiger partial charge in [0, 0.05) is 38.4 Å². The van der Waals surface area contributed by atoms with Crippen LogP contribution in [-0.4, -0.2) is 67.6 Å². The Labute approximate surface area is 195 Å². The summed E-state index contributed by atoms with van der Waals surface area (Å²) in [4.78, 5) is 7.11. The highest BCUT2D eigenvalue weighted by molar-refractivity contribution is 14.0. The van der Waals surface area contributed by atoms with Crippen molar-refractivity contribution < 1.29 is 14.2 Å². The Hall–Kier alpha value is -2.01. The van der Waals surface area contributed by atoms with Crippen LogP contribution in [0.5, 0.6) is 11.5 Å². The lowest BCUT2D eigenvalue weighted by Gasteiger charge is -2.34. The molecule has 1 unspecified atom stereocenters. The van der Waals surface area contributed by atoms with Crippen LogP contribution in [0.2, 0.25) is 0 Å². The maximum Gasteiger partial charge on any atom is 0.194 e. The first-order chi connectivity index (χ1) is 14.1. The number of methoxy groups -OCH3 is 2. The van der Waals surface area contributed by atoms with Gasteiger partial charge in [0.15, 0.2) is 17.5 Å². The Morgan fingerprint density at radius 2 is 2.10 bits per heavy atom. The number of morpholine rings is 1. The number of nitrogens with one attached hydrogen (secondary N) is 1. The number of aliphatic imine (C=N–C) groups is 1. The monoisotopic (exact) mass is 529 g/mol. The minimum absolute atomic E-state index is 0. The first-order valence-corrected chi connectivity index (χ1v) is 9.99. The fraction of sp³-hybridized carbons (Fsp3) is 0.524. The largest absolute Gasteiger partial charge is 0.493 e. The topological polar surface area (TPSA) is 73.1 Å². The van der Waals surface area contributed by atoms with Crippen LogP contribution in [0.25, 0.3) is 0 Å². The van der Waals surface area contributed by atoms with Gasteiger partial charge in [-0.1, -0.05) is 6.07 Å². The molecule has 1 aromatic heterocycles. The minimum atomic E-state index is 0. The smallest absolute Gasteiger partial charge is 0.194 e. The van der Waals surface area contributed by atoms with Gasteiger partial charge in [-0.2, -0.15) is 5.10 Å². The van der Waals surface area contributed by atoms with Gasteiger partial charge in [0.25, 0.3) is 0 Å². The highest BCUT2D eigenvalue weighted by Gasteiger charge is 2.25. The maximum atomic E-state index is 5.95. The number of ether oxygens (including phenoxy) is 3. The predicted molar refractivity (Wildman–Crippen MR) is 128 cm³/mol. The van der Waals surface area contributed by atoms with Crippen molar-refractivity contribution in [2.45, 2.75) is 19.4 Å². The van der Waals surface area contributed by atoms with Crippen molar-refractivity contribution in [3.8, 4) is 11.5 Å². The van der Waals surface area contributed by atoms with E-state index in [9.17, 15) is 0 Å². The van der Waals surface area contributed by atoms with Crippen LogP contribution in [0.3, 0.4) is 0 Å². The summed E-state index contributed by atoms with van der Waals surface area (Å²) < 4.78 is 18.5. The van der Waals surface area contributed by atoms with Crippen molar-refractivity contribution in [3.63, 3.8) is 0 Å². The fourth-order valence-electron chi connectivity index (χ4n) is 3.40. The highest BCUT2D eigenvalue weighted by Crippen LogP contribution is 2.27. The second kappa shape index (κ2) is 12.0. The van der Waals surface area contributed by atoms with Crippen molar-refractivity contribution in [1.29, 1.82) is 0 Å². The Morgan fingerprint density at radius 1 is 1.30 bits per heavy atom. The van der Waals surface area contributed by atoms with Crippen LogP contribution < -0.4 is 14.8 Å². The predicted octanol–water partition coefficient (Wildman–Crippen LogP) is 2.64. The molecule has 30 heavy (non-hydrogen) atoms. The molecule has 1 saturated heterocycles. The average Bonchev–Trinajstić information content (AvgIpc) is 3.19. The van der Waals surface area contributed by atoms with Gasteiger partial charge in [0.2, 0.25) is 0 Å². The molecule has 0 spiro atoms. The zero-order valence-electron chi connectivity index (χ0n) is 18.1. The molecular formula is C21H32IN5O3. The summed E-state index contributed by atoms with van der Waals surface area (Å²) in [7, 11) is 5.22. The number of hydrogen-bond acceptors (Lipinski definition) is 5. The molecule has 0 amide bonds. The number of aromatic nitrogens is 2. The van der Waals surface area contributed by atoms with E-state index in [-0.39, 0.29) is 30.1 Å². The fourth-order valence-corrected chi connectivity index (χ4v) is 3.40. The third-order valence-electron chi connectivity index (χ3n) is 4.91. The molecule has 0 saturated carbocycles. The third-order valence-corrected chi connectivity index (χ3v) is 4.91. The van der Waals surface area contributed by atoms with E-state index in [4.69, 9.17) is 19.2 Å². The Balaban J connectivity index is 0.00000320. The van der Waals surface area contributed by atoms with Crippen molar-refractivity contribution >= 4 is 29.9 Å². The van der Waals surface area contributed by atoms with E-state index in [1.807, 2.05) is 31.6 Å². The lowest BCUT2D eigenvalue weighted by molar-refractivity contribution is -0.00803. The number of hydrogen-bond donors (Lipinski definition) is 1. The molecule has 0 bridgehead atoms. The normalized spacial score (nSPS) is 16.7. The molecule has 2 aromatic rings. The lowest BCUT2D eigenvalue weighted by Crippen LogP contribution is -2.48. The number of aryl methyl sites for hydroxylation is 1. The summed E-state index contributed by atoms with van der Waals surface area (Å²) in [5.74, 6) is 2.40. The van der Waals surface area contributed by atoms with Crippen molar-refractivity contribution in [1.82, 2.24) is 20.0 Å². The van der Waals surface area contributed by atoms with Gasteiger partial charge in [0.1, 0.15) is 6.10 Å². The van der Waals surface area contributed by atoms with Gasteiger partial charge in [-0.3, -0.25) is 9.67 Å². The summed E-state index contributed by atoms with van der Waals surface area (Å²) in [5, 5.41) is 7.67. The first kappa shape index (κ1) is 24.3. The molecule has 3 rings (SSSR count). The quantitative estimate of drug-likeness (QED) is 0.338. The molecule has 1 fully saturated rings. The summed E-state index contributed by atoms with van der Waals surface area (Å²) in [6.45, 7) is 5.84. The second-order valence-electron chi connectivity index (χ2n) is 6.93. The van der Waals surface area contributed by atoms with E-state index in [0.29, 0.717) is 13.2 Å². The maximum absolute atomic E-state index is 5.95. The summed E-state index contributed by atoms with van der Waals surface area (Å²) >= 11 is 0. The summed E-state index contributed by atoms with van der Waals surface area (Å²) in [5.41, 5.74) is 2.26. The number of rotatable bonds is 7. The standard InChI is InChI=1S/C21H31N5O3.HI/c1-5-22-21(23-9-8-16-6-7-18(27-3)19(12-16)28-4)26-10-11-29-20(15-26)17-13-24-25(2)14-17;/h6-7,12-14,20H,5,8-11,15H2,1-4H3,(H,22,23);1H. The molecule has 1 aliphatic rings. The average molecular weight is 529 g/mol. The number of guanidine groups is 1. The second-order valence-corrected chi connectivity index (χ2v) is 6.93. The van der Waals surface area contributed by atoms with Gasteiger partial charge in [-0.15, -0.1) is 24.0 Å². The van der Waals surface area contributed by atoms with E-state index in [0.717, 1.165) is 54.6 Å². The molecule has 1 aliphatic heterocycles. The van der Waals surface area contributed by atoms with Gasteiger partial charge >= 0.3 is 0 Å². The zero-order chi connectivity index (χ0) is 20.6. The number of halogens is 1. The van der Waals surface area contributed by atoms with E-state index in [1.165, 1.54) is 0 Å². The first-order valence-electron chi connectivity index (χ1n) is 9.99. The number of benzene rings is 1. The molecule has 2 heterocycles. The van der Waals surface area contributed by atoms with Crippen LogP contribution in [0.4, 0.5) is 0 Å². The molecule has 1 atom stereocenters. The van der Waals surface area contributed by atoms with E-state index in [2.05, 4.69) is 28.3 Å². The van der Waals surface area contributed by atoms with E-state index >= 15 is 0 Å². The van der Waals surface area contributed by atoms with Gasteiger partial charge in [-0.25, -0.2) is 0 Å². The van der Waals surface area contributed by atoms with Gasteiger partial charge < -0.3 is 24.4 Å². The molecule has 166 valence electrons. The SMILES string of the molecule is CCNC(=NCCc1ccc(OC)c(OC)c1)N1CCOC(c2cnn(C)c2)C1.I. The molecule has 0 aliphatic carbocycles. The molecule has 1 aromatic carbocycles. The Kier molecular flexibility index (Phi) is 9.70. The van der Waals surface area contributed by atoms with Crippen molar-refractivity contribution in [2.75, 3.05) is 47.0 Å². The van der Waals surface area contributed by atoms with Crippen LogP contribution in [0, 0.1) is 0 Å². The minimum Gasteiger partial charge on any atom is -0.493 e. The van der Waals surface area contributed by atoms with Crippen LogP contribution >= 0.6 is 24.0 Å². The van der Waals surface area contributed by atoms with Crippen molar-refractivity contribution in [2.24, 2.45) is 12.0 Å². The zero-order valence-corrected chi connectivity index (χ0v) is 20.5. The Bertz CT molecular complexity index is 827. The lowest BCUT2D eigenvalue weighted by atomic mass is 10.1. The molecule has 1 N–H and O–H groups in total. The van der Waals surface area contributed by atoms with Crippen molar-refractivity contribution in [3.05, 3.63) is 41.7 Å². The molecule has 8 nitrogen and oxygen atoms in total. The van der Waals surface area contributed by atoms with E-state index < -0.39 is 0 Å². The van der Waals surface area contributed by atoms with Crippen LogP contribution in [0.1, 0.15) is 24.2 Å². The summed E-state index contributed by atoms with van der Waals surface area (Å²) in [6.07, 6.45) is 4.71. The molecule has 0 radical (unpaired) electrons. The van der Waals surface area contributed by atoms with Gasteiger partial charge in [-0.05, 0) is 31.0 Å². The van der Waals surface area contributed by atoms with Crippen LogP contribution in [-0.2, 0) is 18.2 Å². The summed E-state index contributed by atoms with van der Waals surface area (Å²) in [6, 6.07) is 6.00. The molecule has 9 heteroatoms. The third kappa shape index (κ3) is 6.24. The number of nitrogens with zero attached hydrogens (tertiary/aromatic N) is 4. The van der Waals surface area contributed by atoms with E-state index in [1.54, 1.807) is 18.9 Å². The van der Waals surface area contributed by atoms with Gasteiger partial charge in [0.05, 0.1) is 33.6 Å². The molecular weight excluding hydrogens is 497 g/mol. The highest BCUT2D eigenvalue weighted by atomic mass is 127. The van der Waals surface area contributed by atoms with Crippen LogP contribution in [0.15, 0.2) is 35.6 Å². The Morgan fingerprint density at radius 3 is 2.77 bits per heavy atom.